The van der Waals surface area contributed by atoms with Crippen molar-refractivity contribution < 1.29 is 19.4 Å². The number of carbonyl (C=O) groups excluding carboxylic acids is 1. The van der Waals surface area contributed by atoms with Crippen LogP contribution in [-0.2, 0) is 4.79 Å². The Bertz CT molecular complexity index is 1440. The second kappa shape index (κ2) is 10.4. The van der Waals surface area contributed by atoms with Crippen LogP contribution in [0.5, 0.6) is 17.4 Å². The van der Waals surface area contributed by atoms with Crippen LogP contribution in [0.25, 0.3) is 5.65 Å². The molecule has 9 heteroatoms. The molecule has 0 spiro atoms. The van der Waals surface area contributed by atoms with Crippen LogP contribution in [0.4, 0.5) is 5.69 Å². The fraction of sp³-hybridized carbons (Fsp3) is 0.222. The van der Waals surface area contributed by atoms with Gasteiger partial charge in [-0.05, 0) is 48.4 Å². The number of rotatable bonds is 9. The van der Waals surface area contributed by atoms with Gasteiger partial charge in [-0.25, -0.2) is 0 Å². The first-order chi connectivity index (χ1) is 17.6. The Morgan fingerprint density at radius 1 is 1.03 bits per heavy atom. The number of fused-ring (bicyclic) bond motifs is 2. The molecule has 1 amide bonds. The first-order valence-electron chi connectivity index (χ1n) is 11.8. The average molecular weight is 487 g/mol. The van der Waals surface area contributed by atoms with Gasteiger partial charge >= 0.3 is 0 Å². The molecular weight excluding hydrogens is 460 g/mol. The molecule has 0 fully saturated rings. The standard InChI is InChI=1S/C27H26N4O5/c32-24(29-13-6-12-28-19-7-2-1-3-8-19)16-20(18-10-11-21-22(15-18)36-17-35-21)25-26(33)30-23-9-4-5-14-31(23)27(25)34/h1-5,7-11,14-15,20,28,33H,6,12-13,16-17H2,(H,29,32). The van der Waals surface area contributed by atoms with Crippen LogP contribution >= 0.6 is 0 Å². The molecule has 2 aromatic heterocycles. The number of amides is 1. The van der Waals surface area contributed by atoms with E-state index in [4.69, 9.17) is 9.47 Å². The number of pyridine rings is 1. The molecule has 0 aliphatic carbocycles. The Morgan fingerprint density at radius 3 is 2.69 bits per heavy atom. The van der Waals surface area contributed by atoms with Crippen LogP contribution in [0.15, 0.2) is 77.7 Å². The Balaban J connectivity index is 1.35. The predicted molar refractivity (Wildman–Crippen MR) is 135 cm³/mol. The number of para-hydroxylation sites is 1. The van der Waals surface area contributed by atoms with Gasteiger partial charge in [0.05, 0.1) is 5.56 Å². The third-order valence-electron chi connectivity index (χ3n) is 6.06. The number of hydrogen-bond acceptors (Lipinski definition) is 7. The quantitative estimate of drug-likeness (QED) is 0.311. The molecule has 3 heterocycles. The van der Waals surface area contributed by atoms with Crippen LogP contribution in [0.3, 0.4) is 0 Å². The summed E-state index contributed by atoms with van der Waals surface area (Å²) < 4.78 is 12.3. The monoisotopic (exact) mass is 486 g/mol. The van der Waals surface area contributed by atoms with Crippen LogP contribution in [0, 0.1) is 0 Å². The Hall–Kier alpha value is -4.53. The summed E-state index contributed by atoms with van der Waals surface area (Å²) in [5.74, 6) is -0.259. The molecule has 1 aliphatic heterocycles. The molecular formula is C27H26N4O5. The zero-order chi connectivity index (χ0) is 24.9. The zero-order valence-electron chi connectivity index (χ0n) is 19.5. The van der Waals surface area contributed by atoms with Gasteiger partial charge in [0.1, 0.15) is 5.65 Å². The Labute approximate surface area is 207 Å². The van der Waals surface area contributed by atoms with Gasteiger partial charge in [-0.15, -0.1) is 0 Å². The van der Waals surface area contributed by atoms with Gasteiger partial charge in [-0.1, -0.05) is 30.3 Å². The number of aromatic hydroxyl groups is 1. The topological polar surface area (TPSA) is 114 Å². The molecule has 4 aromatic rings. The Morgan fingerprint density at radius 2 is 1.83 bits per heavy atom. The van der Waals surface area contributed by atoms with E-state index in [1.54, 1.807) is 42.6 Å². The normalized spacial score (nSPS) is 12.9. The van der Waals surface area contributed by atoms with Crippen molar-refractivity contribution in [3.63, 3.8) is 0 Å². The number of hydrogen-bond donors (Lipinski definition) is 3. The minimum atomic E-state index is -0.737. The van der Waals surface area contributed by atoms with Gasteiger partial charge in [0.15, 0.2) is 11.5 Å². The highest BCUT2D eigenvalue weighted by atomic mass is 16.7. The summed E-state index contributed by atoms with van der Waals surface area (Å²) in [5, 5.41) is 17.0. The fourth-order valence-corrected chi connectivity index (χ4v) is 4.27. The second-order valence-electron chi connectivity index (χ2n) is 8.45. The van der Waals surface area contributed by atoms with Crippen molar-refractivity contribution in [2.24, 2.45) is 0 Å². The SMILES string of the molecule is O=C(CC(c1ccc2c(c1)OCO2)c1c(O)nc2ccccn2c1=O)NCCCNc1ccccc1. The number of aromatic nitrogens is 2. The first-order valence-corrected chi connectivity index (χ1v) is 11.8. The maximum Gasteiger partial charge on any atom is 0.265 e. The third kappa shape index (κ3) is 4.95. The molecule has 0 bridgehead atoms. The smallest absolute Gasteiger partial charge is 0.265 e. The van der Waals surface area contributed by atoms with Crippen molar-refractivity contribution in [3.8, 4) is 17.4 Å². The molecule has 1 aliphatic rings. The number of benzene rings is 2. The average Bonchev–Trinajstić information content (AvgIpc) is 3.36. The summed E-state index contributed by atoms with van der Waals surface area (Å²) in [6.45, 7) is 1.27. The van der Waals surface area contributed by atoms with Crippen molar-refractivity contribution in [3.05, 3.63) is 94.4 Å². The molecule has 3 N–H and O–H groups in total. The number of anilines is 1. The molecule has 36 heavy (non-hydrogen) atoms. The summed E-state index contributed by atoms with van der Waals surface area (Å²) in [6, 6.07) is 20.2. The second-order valence-corrected chi connectivity index (χ2v) is 8.45. The first kappa shape index (κ1) is 23.2. The van der Waals surface area contributed by atoms with E-state index < -0.39 is 17.4 Å². The summed E-state index contributed by atoms with van der Waals surface area (Å²) >= 11 is 0. The van der Waals surface area contributed by atoms with E-state index in [2.05, 4.69) is 15.6 Å². The largest absolute Gasteiger partial charge is 0.493 e. The van der Waals surface area contributed by atoms with Crippen LogP contribution in [0.2, 0.25) is 0 Å². The summed E-state index contributed by atoms with van der Waals surface area (Å²) in [6.07, 6.45) is 2.26. The van der Waals surface area contributed by atoms with E-state index in [9.17, 15) is 14.7 Å². The molecule has 1 atom stereocenters. The number of nitrogens with zero attached hydrogens (tertiary/aromatic N) is 2. The summed E-state index contributed by atoms with van der Waals surface area (Å²) in [4.78, 5) is 30.5. The van der Waals surface area contributed by atoms with Crippen molar-refractivity contribution in [2.45, 2.75) is 18.8 Å². The molecule has 2 aromatic carbocycles. The number of carbonyl (C=O) groups is 1. The van der Waals surface area contributed by atoms with Gasteiger partial charge in [-0.3, -0.25) is 14.0 Å². The van der Waals surface area contributed by atoms with Crippen molar-refractivity contribution in [1.29, 1.82) is 0 Å². The molecule has 1 unspecified atom stereocenters. The van der Waals surface area contributed by atoms with Gasteiger partial charge in [-0.2, -0.15) is 4.98 Å². The van der Waals surface area contributed by atoms with Crippen LogP contribution < -0.4 is 25.7 Å². The molecule has 0 saturated heterocycles. The third-order valence-corrected chi connectivity index (χ3v) is 6.06. The number of ether oxygens (including phenoxy) is 2. The predicted octanol–water partition coefficient (Wildman–Crippen LogP) is 3.27. The van der Waals surface area contributed by atoms with Crippen molar-refractivity contribution in [1.82, 2.24) is 14.7 Å². The highest BCUT2D eigenvalue weighted by Gasteiger charge is 2.28. The van der Waals surface area contributed by atoms with E-state index >= 15 is 0 Å². The lowest BCUT2D eigenvalue weighted by molar-refractivity contribution is -0.121. The van der Waals surface area contributed by atoms with E-state index in [1.807, 2.05) is 30.3 Å². The maximum absolute atomic E-state index is 13.4. The fourth-order valence-electron chi connectivity index (χ4n) is 4.27. The molecule has 9 nitrogen and oxygen atoms in total. The highest BCUT2D eigenvalue weighted by Crippen LogP contribution is 2.38. The summed E-state index contributed by atoms with van der Waals surface area (Å²) in [7, 11) is 0. The van der Waals surface area contributed by atoms with E-state index in [-0.39, 0.29) is 24.7 Å². The van der Waals surface area contributed by atoms with Crippen molar-refractivity contribution >= 4 is 17.2 Å². The van der Waals surface area contributed by atoms with Gasteiger partial charge in [0.2, 0.25) is 18.6 Å². The van der Waals surface area contributed by atoms with Gasteiger partial charge in [0, 0.05) is 37.3 Å². The minimum absolute atomic E-state index is 0.0465. The van der Waals surface area contributed by atoms with Crippen LogP contribution in [0.1, 0.15) is 29.9 Å². The van der Waals surface area contributed by atoms with Crippen molar-refractivity contribution in [2.75, 3.05) is 25.2 Å². The highest BCUT2D eigenvalue weighted by molar-refractivity contribution is 5.77. The maximum atomic E-state index is 13.4. The molecule has 0 radical (unpaired) electrons. The molecule has 0 saturated carbocycles. The van der Waals surface area contributed by atoms with E-state index in [1.165, 1.54) is 4.40 Å². The lowest BCUT2D eigenvalue weighted by Crippen LogP contribution is -2.30. The molecule has 184 valence electrons. The van der Waals surface area contributed by atoms with E-state index in [0.29, 0.717) is 35.8 Å². The lowest BCUT2D eigenvalue weighted by atomic mass is 9.89. The molecule has 5 rings (SSSR count). The van der Waals surface area contributed by atoms with Gasteiger partial charge in [0.25, 0.3) is 5.56 Å². The van der Waals surface area contributed by atoms with E-state index in [0.717, 1.165) is 12.1 Å². The Kier molecular flexibility index (Phi) is 6.70. The number of nitrogens with one attached hydrogen (secondary N) is 2. The van der Waals surface area contributed by atoms with Crippen LogP contribution in [-0.4, -0.2) is 40.3 Å². The van der Waals surface area contributed by atoms with Gasteiger partial charge < -0.3 is 25.2 Å². The summed E-state index contributed by atoms with van der Waals surface area (Å²) in [5.41, 5.74) is 1.61. The minimum Gasteiger partial charge on any atom is -0.493 e. The lowest BCUT2D eigenvalue weighted by Gasteiger charge is -2.19. The zero-order valence-corrected chi connectivity index (χ0v) is 19.5.